The van der Waals surface area contributed by atoms with Crippen molar-refractivity contribution in [2.45, 2.75) is 13.5 Å². The Balaban J connectivity index is 1.95. The van der Waals surface area contributed by atoms with Crippen molar-refractivity contribution in [3.05, 3.63) is 42.0 Å². The largest absolute Gasteiger partial charge is 0.494 e. The van der Waals surface area contributed by atoms with Gasteiger partial charge in [-0.15, -0.1) is 5.10 Å². The smallest absolute Gasteiger partial charge is 0.273 e. The second kappa shape index (κ2) is 8.91. The van der Waals surface area contributed by atoms with Crippen molar-refractivity contribution in [3.8, 4) is 17.1 Å². The first kappa shape index (κ1) is 19.2. The van der Waals surface area contributed by atoms with Gasteiger partial charge in [0.25, 0.3) is 11.8 Å². The number of aromatic nitrogens is 4. The van der Waals surface area contributed by atoms with Gasteiger partial charge in [-0.1, -0.05) is 11.2 Å². The summed E-state index contributed by atoms with van der Waals surface area (Å²) in [5.41, 5.74) is 1.88. The molecule has 0 aliphatic carbocycles. The molecule has 2 aromatic heterocycles. The number of carbonyl (C=O) groups excluding carboxylic acids is 1. The fourth-order valence-corrected chi connectivity index (χ4v) is 2.51. The highest BCUT2D eigenvalue weighted by Crippen LogP contribution is 2.37. The summed E-state index contributed by atoms with van der Waals surface area (Å²) in [5, 5.41) is 17.3. The van der Waals surface area contributed by atoms with Gasteiger partial charge in [0.1, 0.15) is 6.61 Å². The Labute approximate surface area is 161 Å². The molecule has 0 atom stereocenters. The van der Waals surface area contributed by atoms with Crippen molar-refractivity contribution in [3.63, 3.8) is 0 Å². The van der Waals surface area contributed by atoms with Gasteiger partial charge in [-0.3, -0.25) is 4.79 Å². The predicted molar refractivity (Wildman–Crippen MR) is 100 cm³/mol. The fraction of sp³-hybridized carbons (Fsp3) is 0.278. The second-order valence-corrected chi connectivity index (χ2v) is 5.53. The van der Waals surface area contributed by atoms with E-state index in [1.807, 2.05) is 19.1 Å². The Morgan fingerprint density at radius 2 is 2.11 bits per heavy atom. The number of ether oxygens (including phenoxy) is 2. The Kier molecular flexibility index (Phi) is 6.12. The molecule has 0 aliphatic rings. The summed E-state index contributed by atoms with van der Waals surface area (Å²) in [6.07, 6.45) is 1.49. The molecule has 0 saturated carbocycles. The molecule has 28 heavy (non-hydrogen) atoms. The van der Waals surface area contributed by atoms with E-state index in [1.165, 1.54) is 20.4 Å². The van der Waals surface area contributed by atoms with Crippen molar-refractivity contribution in [2.24, 2.45) is 0 Å². The van der Waals surface area contributed by atoms with Crippen molar-refractivity contribution in [2.75, 3.05) is 26.1 Å². The number of benzene rings is 1. The number of para-hydroxylation sites is 1. The van der Waals surface area contributed by atoms with Crippen LogP contribution in [0.1, 0.15) is 23.3 Å². The van der Waals surface area contributed by atoms with Crippen LogP contribution >= 0.6 is 0 Å². The number of nitrogens with one attached hydrogen (secondary N) is 2. The summed E-state index contributed by atoms with van der Waals surface area (Å²) in [6, 6.07) is 7.08. The molecule has 146 valence electrons. The summed E-state index contributed by atoms with van der Waals surface area (Å²) in [6.45, 7) is 2.67. The predicted octanol–water partition coefficient (Wildman–Crippen LogP) is 2.17. The van der Waals surface area contributed by atoms with Gasteiger partial charge in [-0.25, -0.2) is 0 Å². The van der Waals surface area contributed by atoms with E-state index >= 15 is 0 Å². The Morgan fingerprint density at radius 1 is 1.25 bits per heavy atom. The van der Waals surface area contributed by atoms with Crippen LogP contribution in [0.25, 0.3) is 11.4 Å². The molecular formula is C18H20N6O4. The van der Waals surface area contributed by atoms with Crippen LogP contribution in [0.2, 0.25) is 0 Å². The molecule has 0 radical (unpaired) electrons. The molecule has 1 aromatic carbocycles. The molecule has 0 aliphatic heterocycles. The van der Waals surface area contributed by atoms with Crippen molar-refractivity contribution >= 4 is 17.3 Å². The van der Waals surface area contributed by atoms with Crippen LogP contribution in [-0.2, 0) is 11.3 Å². The molecule has 1 amide bonds. The first-order chi connectivity index (χ1) is 13.7. The van der Waals surface area contributed by atoms with Gasteiger partial charge in [0.2, 0.25) is 5.82 Å². The zero-order valence-corrected chi connectivity index (χ0v) is 15.7. The first-order valence-electron chi connectivity index (χ1n) is 8.56. The lowest BCUT2D eigenvalue weighted by Crippen LogP contribution is -2.21. The molecule has 0 unspecified atom stereocenters. The lowest BCUT2D eigenvalue weighted by molar-refractivity contribution is 0.0958. The maximum Gasteiger partial charge on any atom is 0.273 e. The van der Waals surface area contributed by atoms with Gasteiger partial charge in [0, 0.05) is 13.7 Å². The van der Waals surface area contributed by atoms with E-state index in [0.29, 0.717) is 41.0 Å². The maximum absolute atomic E-state index is 12.0. The van der Waals surface area contributed by atoms with E-state index in [9.17, 15) is 4.79 Å². The fourth-order valence-electron chi connectivity index (χ4n) is 2.51. The van der Waals surface area contributed by atoms with Gasteiger partial charge in [-0.05, 0) is 25.1 Å². The summed E-state index contributed by atoms with van der Waals surface area (Å²) >= 11 is 0. The van der Waals surface area contributed by atoms with Gasteiger partial charge in [0.15, 0.2) is 11.4 Å². The highest BCUT2D eigenvalue weighted by atomic mass is 16.5. The van der Waals surface area contributed by atoms with Crippen LogP contribution in [-0.4, -0.2) is 47.0 Å². The van der Waals surface area contributed by atoms with Gasteiger partial charge < -0.3 is 24.6 Å². The van der Waals surface area contributed by atoms with Crippen molar-refractivity contribution in [1.29, 1.82) is 0 Å². The zero-order valence-electron chi connectivity index (χ0n) is 15.7. The molecule has 3 rings (SSSR count). The number of anilines is 2. The van der Waals surface area contributed by atoms with E-state index in [-0.39, 0.29) is 18.2 Å². The average molecular weight is 384 g/mol. The highest BCUT2D eigenvalue weighted by molar-refractivity contribution is 5.98. The van der Waals surface area contributed by atoms with E-state index in [1.54, 1.807) is 12.1 Å². The van der Waals surface area contributed by atoms with E-state index in [4.69, 9.17) is 14.0 Å². The Bertz CT molecular complexity index is 959. The quantitative estimate of drug-likeness (QED) is 0.601. The molecule has 0 bridgehead atoms. The molecule has 0 saturated heterocycles. The molecule has 2 heterocycles. The summed E-state index contributed by atoms with van der Waals surface area (Å²) in [7, 11) is 3.06. The molecule has 0 spiro atoms. The standard InChI is InChI=1S/C18H20N6O4/c1-4-27-10-14-22-17(24-28-14)11-6-5-7-13(16(11)26-3)21-12-8-9-20-23-15(12)18(25)19-2/h5-9H,4,10H2,1-3H3,(H,19,25)(H,20,21). The molecule has 3 aromatic rings. The van der Waals surface area contributed by atoms with E-state index < -0.39 is 0 Å². The number of hydrogen-bond donors (Lipinski definition) is 2. The minimum Gasteiger partial charge on any atom is -0.494 e. The van der Waals surface area contributed by atoms with Crippen LogP contribution in [0.4, 0.5) is 11.4 Å². The minimum atomic E-state index is -0.357. The Hall–Kier alpha value is -3.53. The third-order valence-corrected chi connectivity index (χ3v) is 3.79. The number of amides is 1. The number of methoxy groups -OCH3 is 1. The maximum atomic E-state index is 12.0. The highest BCUT2D eigenvalue weighted by Gasteiger charge is 2.19. The zero-order chi connectivity index (χ0) is 19.9. The van der Waals surface area contributed by atoms with Crippen LogP contribution in [0, 0.1) is 0 Å². The first-order valence-corrected chi connectivity index (χ1v) is 8.56. The van der Waals surface area contributed by atoms with Crippen LogP contribution in [0.3, 0.4) is 0 Å². The molecule has 10 nitrogen and oxygen atoms in total. The summed E-state index contributed by atoms with van der Waals surface area (Å²) in [5.74, 6) is 0.877. The third-order valence-electron chi connectivity index (χ3n) is 3.79. The lowest BCUT2D eigenvalue weighted by atomic mass is 10.1. The molecule has 2 N–H and O–H groups in total. The average Bonchev–Trinajstić information content (AvgIpc) is 3.20. The van der Waals surface area contributed by atoms with Crippen LogP contribution in [0.5, 0.6) is 5.75 Å². The Morgan fingerprint density at radius 3 is 2.86 bits per heavy atom. The van der Waals surface area contributed by atoms with E-state index in [0.717, 1.165) is 0 Å². The van der Waals surface area contributed by atoms with E-state index in [2.05, 4.69) is 31.0 Å². The summed E-state index contributed by atoms with van der Waals surface area (Å²) < 4.78 is 16.1. The number of carbonyl (C=O) groups is 1. The molecular weight excluding hydrogens is 364 g/mol. The van der Waals surface area contributed by atoms with Gasteiger partial charge >= 0.3 is 0 Å². The van der Waals surface area contributed by atoms with Gasteiger partial charge in [0.05, 0.1) is 30.2 Å². The third kappa shape index (κ3) is 4.07. The van der Waals surface area contributed by atoms with Crippen LogP contribution in [0.15, 0.2) is 35.0 Å². The molecule has 10 heteroatoms. The van der Waals surface area contributed by atoms with Crippen LogP contribution < -0.4 is 15.4 Å². The second-order valence-electron chi connectivity index (χ2n) is 5.53. The lowest BCUT2D eigenvalue weighted by Gasteiger charge is -2.14. The number of nitrogens with zero attached hydrogens (tertiary/aromatic N) is 4. The minimum absolute atomic E-state index is 0.163. The van der Waals surface area contributed by atoms with Crippen molar-refractivity contribution < 1.29 is 18.8 Å². The SMILES string of the molecule is CCOCc1nc(-c2cccc(Nc3ccnnc3C(=O)NC)c2OC)no1. The van der Waals surface area contributed by atoms with Gasteiger partial charge in [-0.2, -0.15) is 10.1 Å². The number of rotatable bonds is 8. The number of hydrogen-bond acceptors (Lipinski definition) is 9. The monoisotopic (exact) mass is 384 g/mol. The normalized spacial score (nSPS) is 10.5. The molecule has 0 fully saturated rings. The van der Waals surface area contributed by atoms with Crippen molar-refractivity contribution in [1.82, 2.24) is 25.7 Å². The summed E-state index contributed by atoms with van der Waals surface area (Å²) in [4.78, 5) is 16.4. The topological polar surface area (TPSA) is 124 Å².